The van der Waals surface area contributed by atoms with Crippen LogP contribution in [0.5, 0.6) is 5.75 Å². The van der Waals surface area contributed by atoms with E-state index in [2.05, 4.69) is 5.32 Å². The number of aryl methyl sites for hydroxylation is 1. The number of rotatable bonds is 4. The van der Waals surface area contributed by atoms with Gasteiger partial charge in [-0.05, 0) is 24.6 Å². The summed E-state index contributed by atoms with van der Waals surface area (Å²) in [5.41, 5.74) is 0.422. The fraction of sp³-hybridized carbons (Fsp3) is 0.222. The molecule has 1 amide bonds. The van der Waals surface area contributed by atoms with E-state index in [1.165, 1.54) is 7.11 Å². The highest BCUT2D eigenvalue weighted by Gasteiger charge is 2.47. The molecule has 0 aromatic heterocycles. The zero-order valence-electron chi connectivity index (χ0n) is 12.9. The first kappa shape index (κ1) is 15.2. The first-order chi connectivity index (χ1) is 11.0. The molecule has 5 nitrogen and oxygen atoms in total. The number of hydrogen-bond donors (Lipinski definition) is 2. The lowest BCUT2D eigenvalue weighted by atomic mass is 9.87. The van der Waals surface area contributed by atoms with E-state index in [-0.39, 0.29) is 12.2 Å². The second-order valence-electron chi connectivity index (χ2n) is 5.64. The van der Waals surface area contributed by atoms with E-state index < -0.39 is 11.5 Å². The fourth-order valence-electron chi connectivity index (χ4n) is 2.82. The van der Waals surface area contributed by atoms with Crippen molar-refractivity contribution in [1.29, 1.82) is 0 Å². The number of carbonyl (C=O) groups is 2. The van der Waals surface area contributed by atoms with Crippen molar-refractivity contribution in [2.45, 2.75) is 18.9 Å². The smallest absolute Gasteiger partial charge is 0.261 e. The van der Waals surface area contributed by atoms with Gasteiger partial charge < -0.3 is 15.2 Å². The van der Waals surface area contributed by atoms with Crippen molar-refractivity contribution in [2.75, 3.05) is 12.4 Å². The van der Waals surface area contributed by atoms with Gasteiger partial charge >= 0.3 is 0 Å². The Morgan fingerprint density at radius 2 is 2.00 bits per heavy atom. The van der Waals surface area contributed by atoms with E-state index >= 15 is 0 Å². The molecule has 1 aliphatic heterocycles. The molecule has 3 rings (SSSR count). The van der Waals surface area contributed by atoms with E-state index in [0.29, 0.717) is 22.6 Å². The second-order valence-corrected chi connectivity index (χ2v) is 5.64. The summed E-state index contributed by atoms with van der Waals surface area (Å²) < 4.78 is 5.10. The second kappa shape index (κ2) is 5.52. The summed E-state index contributed by atoms with van der Waals surface area (Å²) in [7, 11) is 1.51. The lowest BCUT2D eigenvalue weighted by molar-refractivity contribution is -0.133. The van der Waals surface area contributed by atoms with E-state index in [9.17, 15) is 14.7 Å². The number of para-hydroxylation sites is 1. The Balaban J connectivity index is 1.94. The Morgan fingerprint density at radius 1 is 1.26 bits per heavy atom. The number of ether oxygens (including phenoxy) is 1. The molecule has 0 bridgehead atoms. The van der Waals surface area contributed by atoms with Crippen LogP contribution in [0.3, 0.4) is 0 Å². The zero-order valence-corrected chi connectivity index (χ0v) is 12.9. The molecule has 23 heavy (non-hydrogen) atoms. The van der Waals surface area contributed by atoms with Gasteiger partial charge in [-0.15, -0.1) is 0 Å². The summed E-state index contributed by atoms with van der Waals surface area (Å²) in [4.78, 5) is 24.8. The largest absolute Gasteiger partial charge is 0.497 e. The molecule has 2 aromatic carbocycles. The normalized spacial score (nSPS) is 19.2. The first-order valence-corrected chi connectivity index (χ1v) is 7.27. The van der Waals surface area contributed by atoms with E-state index in [0.717, 1.165) is 5.56 Å². The highest BCUT2D eigenvalue weighted by molar-refractivity contribution is 6.09. The molecule has 0 saturated carbocycles. The van der Waals surface area contributed by atoms with E-state index in [1.54, 1.807) is 36.4 Å². The van der Waals surface area contributed by atoms with Crippen LogP contribution in [-0.2, 0) is 10.4 Å². The number of carbonyl (C=O) groups excluding carboxylic acids is 2. The predicted molar refractivity (Wildman–Crippen MR) is 85.6 cm³/mol. The number of ketones is 1. The minimum atomic E-state index is -1.85. The summed E-state index contributed by atoms with van der Waals surface area (Å²) in [5.74, 6) is -0.344. The maximum absolute atomic E-state index is 12.5. The number of aliphatic hydroxyl groups is 1. The van der Waals surface area contributed by atoms with Gasteiger partial charge in [0.25, 0.3) is 5.91 Å². The van der Waals surface area contributed by atoms with Crippen LogP contribution in [0.1, 0.15) is 27.9 Å². The molecule has 1 aliphatic rings. The molecule has 5 heteroatoms. The monoisotopic (exact) mass is 311 g/mol. The van der Waals surface area contributed by atoms with Crippen LogP contribution in [0.4, 0.5) is 5.69 Å². The molecule has 118 valence electrons. The van der Waals surface area contributed by atoms with Gasteiger partial charge in [0.1, 0.15) is 5.75 Å². The molecule has 1 atom stereocenters. The third kappa shape index (κ3) is 2.49. The van der Waals surface area contributed by atoms with Crippen molar-refractivity contribution in [3.63, 3.8) is 0 Å². The highest BCUT2D eigenvalue weighted by Crippen LogP contribution is 2.40. The van der Waals surface area contributed by atoms with Crippen LogP contribution >= 0.6 is 0 Å². The average Bonchev–Trinajstić information content (AvgIpc) is 2.80. The fourth-order valence-corrected chi connectivity index (χ4v) is 2.82. The number of fused-ring (bicyclic) bond motifs is 1. The van der Waals surface area contributed by atoms with Crippen LogP contribution in [0.25, 0.3) is 0 Å². The molecule has 1 heterocycles. The Bertz CT molecular complexity index is 799. The standard InChI is InChI=1S/C18H17NO4/c1-11-5-3-8-14-16(11)19-17(21)18(14,22)10-15(20)12-6-4-7-13(9-12)23-2/h3-9,22H,10H2,1-2H3,(H,19,21). The van der Waals surface area contributed by atoms with Crippen molar-refractivity contribution in [3.8, 4) is 5.75 Å². The number of benzene rings is 2. The number of Topliss-reactive ketones (excluding diaryl/α,β-unsaturated/α-hetero) is 1. The van der Waals surface area contributed by atoms with Gasteiger partial charge in [0.2, 0.25) is 0 Å². The number of nitrogens with one attached hydrogen (secondary N) is 1. The quantitative estimate of drug-likeness (QED) is 0.850. The summed E-state index contributed by atoms with van der Waals surface area (Å²) in [6.45, 7) is 1.84. The van der Waals surface area contributed by atoms with Crippen LogP contribution in [0, 0.1) is 6.92 Å². The molecular weight excluding hydrogens is 294 g/mol. The van der Waals surface area contributed by atoms with Gasteiger partial charge in [0.15, 0.2) is 11.4 Å². The van der Waals surface area contributed by atoms with Crippen molar-refractivity contribution >= 4 is 17.4 Å². The maximum Gasteiger partial charge on any atom is 0.261 e. The molecule has 0 spiro atoms. The van der Waals surface area contributed by atoms with Gasteiger partial charge in [0.05, 0.1) is 19.2 Å². The summed E-state index contributed by atoms with van der Waals surface area (Å²) in [6.07, 6.45) is -0.317. The Morgan fingerprint density at radius 3 is 2.74 bits per heavy atom. The number of anilines is 1. The minimum Gasteiger partial charge on any atom is -0.497 e. The van der Waals surface area contributed by atoms with Crippen molar-refractivity contribution in [1.82, 2.24) is 0 Å². The van der Waals surface area contributed by atoms with Crippen LogP contribution in [-0.4, -0.2) is 23.9 Å². The lowest BCUT2D eigenvalue weighted by Crippen LogP contribution is -2.36. The predicted octanol–water partition coefficient (Wildman–Crippen LogP) is 2.42. The third-order valence-corrected chi connectivity index (χ3v) is 4.14. The Hall–Kier alpha value is -2.66. The van der Waals surface area contributed by atoms with Gasteiger partial charge in [-0.2, -0.15) is 0 Å². The van der Waals surface area contributed by atoms with Gasteiger partial charge in [-0.1, -0.05) is 30.3 Å². The summed E-state index contributed by atoms with van der Waals surface area (Å²) in [5, 5.41) is 13.5. The number of amides is 1. The number of methoxy groups -OCH3 is 1. The van der Waals surface area contributed by atoms with Crippen molar-refractivity contribution < 1.29 is 19.4 Å². The van der Waals surface area contributed by atoms with Crippen molar-refractivity contribution in [3.05, 3.63) is 59.2 Å². The molecule has 2 aromatic rings. The number of hydrogen-bond acceptors (Lipinski definition) is 4. The molecule has 0 radical (unpaired) electrons. The third-order valence-electron chi connectivity index (χ3n) is 4.14. The average molecular weight is 311 g/mol. The molecule has 1 unspecified atom stereocenters. The molecule has 2 N–H and O–H groups in total. The topological polar surface area (TPSA) is 75.6 Å². The van der Waals surface area contributed by atoms with Crippen LogP contribution in [0.15, 0.2) is 42.5 Å². The Labute approximate surface area is 133 Å². The van der Waals surface area contributed by atoms with Crippen LogP contribution in [0.2, 0.25) is 0 Å². The minimum absolute atomic E-state index is 0.317. The Kier molecular flexibility index (Phi) is 3.66. The van der Waals surface area contributed by atoms with Crippen LogP contribution < -0.4 is 10.1 Å². The summed E-state index contributed by atoms with van der Waals surface area (Å²) >= 11 is 0. The van der Waals surface area contributed by atoms with Gasteiger partial charge in [-0.3, -0.25) is 9.59 Å². The molecule has 0 fully saturated rings. The highest BCUT2D eigenvalue weighted by atomic mass is 16.5. The van der Waals surface area contributed by atoms with Crippen molar-refractivity contribution in [2.24, 2.45) is 0 Å². The SMILES string of the molecule is COc1cccc(C(=O)CC2(O)C(=O)Nc3c(C)cccc32)c1. The first-order valence-electron chi connectivity index (χ1n) is 7.27. The van der Waals surface area contributed by atoms with E-state index in [4.69, 9.17) is 4.74 Å². The molecule has 0 saturated heterocycles. The van der Waals surface area contributed by atoms with Gasteiger partial charge in [0, 0.05) is 11.1 Å². The van der Waals surface area contributed by atoms with Gasteiger partial charge in [-0.25, -0.2) is 0 Å². The zero-order chi connectivity index (χ0) is 16.6. The molecule has 0 aliphatic carbocycles. The maximum atomic E-state index is 12.5. The lowest BCUT2D eigenvalue weighted by Gasteiger charge is -2.20. The summed E-state index contributed by atoms with van der Waals surface area (Å²) in [6, 6.07) is 11.9. The van der Waals surface area contributed by atoms with E-state index in [1.807, 2.05) is 13.0 Å². The molecular formula is C18H17NO4.